The zero-order chi connectivity index (χ0) is 12.4. The minimum absolute atomic E-state index is 0.105. The van der Waals surface area contributed by atoms with Crippen LogP contribution in [0.3, 0.4) is 0 Å². The van der Waals surface area contributed by atoms with Crippen LogP contribution in [0.4, 0.5) is 4.39 Å². The predicted molar refractivity (Wildman–Crippen MR) is 68.9 cm³/mol. The van der Waals surface area contributed by atoms with Gasteiger partial charge in [-0.25, -0.2) is 4.39 Å². The highest BCUT2D eigenvalue weighted by Crippen LogP contribution is 2.34. The molecule has 0 aromatic carbocycles. The zero-order valence-corrected chi connectivity index (χ0v) is 11.2. The summed E-state index contributed by atoms with van der Waals surface area (Å²) in [6.45, 7) is 4.18. The summed E-state index contributed by atoms with van der Waals surface area (Å²) in [6.07, 6.45) is 5.97. The maximum Gasteiger partial charge on any atom is 0.123 e. The molecule has 0 amide bonds. The molecule has 0 radical (unpaired) electrons. The standard InChI is InChI=1S/C14H20ClFO/c1-9-3-4-11(15)7-10(2)17-14-6-5-12(16)8-13(9)14/h5-6,9-12H,3-4,7-8H2,1-2H3. The van der Waals surface area contributed by atoms with E-state index in [9.17, 15) is 4.39 Å². The first kappa shape index (κ1) is 12.9. The fourth-order valence-corrected chi connectivity index (χ4v) is 2.96. The monoisotopic (exact) mass is 258 g/mol. The third kappa shape index (κ3) is 3.25. The Balaban J connectivity index is 2.22. The van der Waals surface area contributed by atoms with E-state index in [2.05, 4.69) is 6.92 Å². The van der Waals surface area contributed by atoms with E-state index in [0.29, 0.717) is 12.3 Å². The molecule has 96 valence electrons. The molecule has 2 aliphatic rings. The number of hydrogen-bond acceptors (Lipinski definition) is 1. The van der Waals surface area contributed by atoms with Gasteiger partial charge in [0.2, 0.25) is 0 Å². The summed E-state index contributed by atoms with van der Waals surface area (Å²) < 4.78 is 19.3. The van der Waals surface area contributed by atoms with E-state index in [-0.39, 0.29) is 11.5 Å². The van der Waals surface area contributed by atoms with Crippen LogP contribution in [-0.2, 0) is 4.74 Å². The smallest absolute Gasteiger partial charge is 0.123 e. The van der Waals surface area contributed by atoms with Crippen molar-refractivity contribution in [2.75, 3.05) is 0 Å². The van der Waals surface area contributed by atoms with Gasteiger partial charge >= 0.3 is 0 Å². The van der Waals surface area contributed by atoms with Gasteiger partial charge in [0.1, 0.15) is 11.9 Å². The van der Waals surface area contributed by atoms with Crippen LogP contribution in [0.1, 0.15) is 39.5 Å². The zero-order valence-electron chi connectivity index (χ0n) is 10.5. The van der Waals surface area contributed by atoms with E-state index >= 15 is 0 Å². The molecule has 0 saturated carbocycles. The molecule has 0 saturated heterocycles. The molecule has 0 aromatic heterocycles. The van der Waals surface area contributed by atoms with Gasteiger partial charge in [-0.3, -0.25) is 0 Å². The lowest BCUT2D eigenvalue weighted by molar-refractivity contribution is 0.127. The molecule has 1 nitrogen and oxygen atoms in total. The molecule has 0 fully saturated rings. The average Bonchev–Trinajstić information content (AvgIpc) is 2.31. The van der Waals surface area contributed by atoms with Gasteiger partial charge in [0, 0.05) is 18.2 Å². The minimum Gasteiger partial charge on any atom is -0.491 e. The first-order chi connectivity index (χ1) is 8.06. The number of rotatable bonds is 0. The Labute approximate surface area is 108 Å². The maximum atomic E-state index is 13.4. The quantitative estimate of drug-likeness (QED) is 0.586. The normalized spacial score (nSPS) is 38.8. The molecule has 1 aliphatic heterocycles. The number of halogens is 2. The van der Waals surface area contributed by atoms with Crippen LogP contribution in [-0.4, -0.2) is 17.7 Å². The highest BCUT2D eigenvalue weighted by molar-refractivity contribution is 6.20. The second-order valence-electron chi connectivity index (χ2n) is 5.21. The Morgan fingerprint density at radius 3 is 2.88 bits per heavy atom. The van der Waals surface area contributed by atoms with E-state index in [1.54, 1.807) is 12.2 Å². The third-order valence-electron chi connectivity index (χ3n) is 3.61. The molecule has 0 N–H and O–H groups in total. The lowest BCUT2D eigenvalue weighted by Gasteiger charge is -2.24. The third-order valence-corrected chi connectivity index (χ3v) is 4.01. The van der Waals surface area contributed by atoms with E-state index in [4.69, 9.17) is 16.3 Å². The average molecular weight is 259 g/mol. The van der Waals surface area contributed by atoms with Gasteiger partial charge in [-0.05, 0) is 43.4 Å². The highest BCUT2D eigenvalue weighted by atomic mass is 35.5. The molecule has 3 heteroatoms. The number of alkyl halides is 2. The summed E-state index contributed by atoms with van der Waals surface area (Å²) in [7, 11) is 0. The van der Waals surface area contributed by atoms with Gasteiger partial charge in [-0.15, -0.1) is 11.6 Å². The van der Waals surface area contributed by atoms with Crippen LogP contribution in [0.2, 0.25) is 0 Å². The Hall–Kier alpha value is -0.500. The Morgan fingerprint density at radius 2 is 2.12 bits per heavy atom. The van der Waals surface area contributed by atoms with Gasteiger partial charge in [-0.2, -0.15) is 0 Å². The van der Waals surface area contributed by atoms with Crippen LogP contribution < -0.4 is 0 Å². The van der Waals surface area contributed by atoms with Crippen molar-refractivity contribution in [1.29, 1.82) is 0 Å². The summed E-state index contributed by atoms with van der Waals surface area (Å²) >= 11 is 6.26. The van der Waals surface area contributed by atoms with Crippen molar-refractivity contribution in [3.8, 4) is 0 Å². The molecule has 0 spiro atoms. The topological polar surface area (TPSA) is 9.23 Å². The molecule has 0 aromatic rings. The fourth-order valence-electron chi connectivity index (χ4n) is 2.58. The largest absolute Gasteiger partial charge is 0.491 e. The van der Waals surface area contributed by atoms with Crippen LogP contribution in [0.25, 0.3) is 0 Å². The molecule has 4 unspecified atom stereocenters. The lowest BCUT2D eigenvalue weighted by Crippen LogP contribution is -2.16. The Kier molecular flexibility index (Phi) is 4.13. The summed E-state index contributed by atoms with van der Waals surface area (Å²) in [6, 6.07) is 0. The predicted octanol–water partition coefficient (Wildman–Crippen LogP) is 4.37. The lowest BCUT2D eigenvalue weighted by atomic mass is 9.88. The molecule has 1 heterocycles. The molecular formula is C14H20ClFO. The van der Waals surface area contributed by atoms with Crippen LogP contribution in [0.15, 0.2) is 23.5 Å². The van der Waals surface area contributed by atoms with Crippen LogP contribution >= 0.6 is 11.6 Å². The van der Waals surface area contributed by atoms with Crippen LogP contribution in [0.5, 0.6) is 0 Å². The summed E-state index contributed by atoms with van der Waals surface area (Å²) in [5, 5.41) is 0.166. The Bertz CT molecular complexity index is 337. The van der Waals surface area contributed by atoms with Gasteiger partial charge in [0.25, 0.3) is 0 Å². The second kappa shape index (κ2) is 5.43. The SMILES string of the molecule is CC1CC(Cl)CCC(C)C2=C(C=CC(F)C2)O1. The van der Waals surface area contributed by atoms with Gasteiger partial charge in [-0.1, -0.05) is 6.92 Å². The number of hydrogen-bond donors (Lipinski definition) is 0. The summed E-state index contributed by atoms with van der Waals surface area (Å²) in [5.74, 6) is 1.24. The molecular weight excluding hydrogens is 239 g/mol. The van der Waals surface area contributed by atoms with Crippen LogP contribution in [0, 0.1) is 5.92 Å². The molecule has 2 rings (SSSR count). The first-order valence-corrected chi connectivity index (χ1v) is 6.86. The van der Waals surface area contributed by atoms with Crippen molar-refractivity contribution >= 4 is 11.6 Å². The number of ether oxygens (including phenoxy) is 1. The van der Waals surface area contributed by atoms with Crippen molar-refractivity contribution < 1.29 is 9.13 Å². The van der Waals surface area contributed by atoms with Crippen molar-refractivity contribution in [1.82, 2.24) is 0 Å². The maximum absolute atomic E-state index is 13.4. The summed E-state index contributed by atoms with van der Waals surface area (Å²) in [5.41, 5.74) is 1.12. The van der Waals surface area contributed by atoms with Crippen molar-refractivity contribution in [3.05, 3.63) is 23.5 Å². The molecule has 0 bridgehead atoms. The summed E-state index contributed by atoms with van der Waals surface area (Å²) in [4.78, 5) is 0. The van der Waals surface area contributed by atoms with E-state index in [1.165, 1.54) is 0 Å². The van der Waals surface area contributed by atoms with E-state index in [1.807, 2.05) is 6.92 Å². The van der Waals surface area contributed by atoms with E-state index in [0.717, 1.165) is 30.6 Å². The van der Waals surface area contributed by atoms with Gasteiger partial charge in [0.05, 0.1) is 6.10 Å². The fraction of sp³-hybridized carbons (Fsp3) is 0.714. The Morgan fingerprint density at radius 1 is 1.35 bits per heavy atom. The molecule has 1 aliphatic carbocycles. The molecule has 4 atom stereocenters. The van der Waals surface area contributed by atoms with Gasteiger partial charge in [0.15, 0.2) is 0 Å². The second-order valence-corrected chi connectivity index (χ2v) is 5.83. The van der Waals surface area contributed by atoms with Crippen molar-refractivity contribution in [2.45, 2.75) is 57.2 Å². The van der Waals surface area contributed by atoms with E-state index < -0.39 is 6.17 Å². The molecule has 17 heavy (non-hydrogen) atoms. The van der Waals surface area contributed by atoms with Crippen molar-refractivity contribution in [3.63, 3.8) is 0 Å². The van der Waals surface area contributed by atoms with Gasteiger partial charge < -0.3 is 4.74 Å². The minimum atomic E-state index is -0.859. The van der Waals surface area contributed by atoms with Crippen molar-refractivity contribution in [2.24, 2.45) is 5.92 Å². The highest BCUT2D eigenvalue weighted by Gasteiger charge is 2.25. The first-order valence-electron chi connectivity index (χ1n) is 6.42. The number of allylic oxidation sites excluding steroid dienone is 3.